The monoisotopic (exact) mass is 303 g/mol. The fourth-order valence-electron chi connectivity index (χ4n) is 1.45. The minimum atomic E-state index is 0.134. The van der Waals surface area contributed by atoms with E-state index in [1.54, 1.807) is 0 Å². The molecule has 0 spiro atoms. The van der Waals surface area contributed by atoms with E-state index in [-0.39, 0.29) is 5.91 Å². The molecule has 1 aromatic rings. The van der Waals surface area contributed by atoms with Crippen molar-refractivity contribution in [1.29, 1.82) is 0 Å². The number of aryl methyl sites for hydroxylation is 1. The second kappa shape index (κ2) is 6.40. The maximum atomic E-state index is 12.0. The van der Waals surface area contributed by atoms with E-state index in [2.05, 4.69) is 22.9 Å². The molecular formula is C12H18BrNOS. The zero-order valence-corrected chi connectivity index (χ0v) is 12.4. The Bertz CT molecular complexity index is 342. The van der Waals surface area contributed by atoms with Gasteiger partial charge in [0.1, 0.15) is 0 Å². The van der Waals surface area contributed by atoms with Gasteiger partial charge < -0.3 is 4.90 Å². The number of thiophene rings is 1. The van der Waals surface area contributed by atoms with Gasteiger partial charge in [0, 0.05) is 13.6 Å². The number of rotatable bonds is 5. The van der Waals surface area contributed by atoms with Crippen LogP contribution in [0.1, 0.15) is 41.4 Å². The van der Waals surface area contributed by atoms with E-state index in [1.807, 2.05) is 24.9 Å². The summed E-state index contributed by atoms with van der Waals surface area (Å²) in [4.78, 5) is 14.7. The predicted molar refractivity (Wildman–Crippen MR) is 73.2 cm³/mol. The van der Waals surface area contributed by atoms with Crippen molar-refractivity contribution in [2.75, 3.05) is 13.6 Å². The Balaban J connectivity index is 2.56. The third kappa shape index (κ3) is 3.59. The highest BCUT2D eigenvalue weighted by Gasteiger charge is 2.14. The van der Waals surface area contributed by atoms with Gasteiger partial charge in [-0.15, -0.1) is 11.3 Å². The van der Waals surface area contributed by atoms with Gasteiger partial charge in [-0.2, -0.15) is 0 Å². The number of amides is 1. The van der Waals surface area contributed by atoms with Crippen LogP contribution in [0.5, 0.6) is 0 Å². The summed E-state index contributed by atoms with van der Waals surface area (Å²) in [7, 11) is 1.88. The van der Waals surface area contributed by atoms with Crippen LogP contribution in [0, 0.1) is 6.92 Å². The Morgan fingerprint density at radius 2 is 2.19 bits per heavy atom. The summed E-state index contributed by atoms with van der Waals surface area (Å²) >= 11 is 4.96. The standard InChI is InChI=1S/C12H18BrNOS/c1-4-5-6-7-14(3)12(15)10-8-9(2)11(13)16-10/h8H,4-7H2,1-3H3. The first kappa shape index (κ1) is 13.7. The van der Waals surface area contributed by atoms with Crippen molar-refractivity contribution in [1.82, 2.24) is 4.90 Å². The summed E-state index contributed by atoms with van der Waals surface area (Å²) < 4.78 is 1.05. The molecule has 0 aliphatic carbocycles. The van der Waals surface area contributed by atoms with E-state index in [0.717, 1.165) is 27.2 Å². The Morgan fingerprint density at radius 1 is 1.50 bits per heavy atom. The maximum Gasteiger partial charge on any atom is 0.263 e. The predicted octanol–water partition coefficient (Wildman–Crippen LogP) is 4.08. The van der Waals surface area contributed by atoms with Gasteiger partial charge in [-0.25, -0.2) is 0 Å². The lowest BCUT2D eigenvalue weighted by molar-refractivity contribution is 0.0797. The minimum Gasteiger partial charge on any atom is -0.341 e. The van der Waals surface area contributed by atoms with E-state index in [4.69, 9.17) is 0 Å². The summed E-state index contributed by atoms with van der Waals surface area (Å²) in [6, 6.07) is 1.95. The number of carbonyl (C=O) groups is 1. The van der Waals surface area contributed by atoms with Crippen molar-refractivity contribution in [3.63, 3.8) is 0 Å². The van der Waals surface area contributed by atoms with Gasteiger partial charge in [-0.05, 0) is 40.9 Å². The second-order valence-electron chi connectivity index (χ2n) is 4.00. The number of nitrogens with zero attached hydrogens (tertiary/aromatic N) is 1. The molecule has 1 heterocycles. The van der Waals surface area contributed by atoms with Gasteiger partial charge in [0.2, 0.25) is 0 Å². The summed E-state index contributed by atoms with van der Waals surface area (Å²) in [6.07, 6.45) is 3.46. The number of unbranched alkanes of at least 4 members (excludes halogenated alkanes) is 2. The van der Waals surface area contributed by atoms with Crippen LogP contribution in [-0.4, -0.2) is 24.4 Å². The fourth-order valence-corrected chi connectivity index (χ4v) is 2.98. The van der Waals surface area contributed by atoms with Crippen LogP contribution in [0.4, 0.5) is 0 Å². The number of carbonyl (C=O) groups excluding carboxylic acids is 1. The van der Waals surface area contributed by atoms with Crippen LogP contribution in [0.25, 0.3) is 0 Å². The first-order valence-electron chi connectivity index (χ1n) is 5.57. The molecule has 0 unspecified atom stereocenters. The first-order valence-corrected chi connectivity index (χ1v) is 7.18. The van der Waals surface area contributed by atoms with Crippen molar-refractivity contribution in [3.05, 3.63) is 20.3 Å². The highest BCUT2D eigenvalue weighted by atomic mass is 79.9. The highest BCUT2D eigenvalue weighted by Crippen LogP contribution is 2.28. The lowest BCUT2D eigenvalue weighted by Gasteiger charge is -2.15. The van der Waals surface area contributed by atoms with Gasteiger partial charge >= 0.3 is 0 Å². The summed E-state index contributed by atoms with van der Waals surface area (Å²) in [5.74, 6) is 0.134. The summed E-state index contributed by atoms with van der Waals surface area (Å²) in [6.45, 7) is 5.03. The van der Waals surface area contributed by atoms with Crippen molar-refractivity contribution in [2.45, 2.75) is 33.1 Å². The van der Waals surface area contributed by atoms with E-state index < -0.39 is 0 Å². The third-order valence-electron chi connectivity index (χ3n) is 2.51. The largest absolute Gasteiger partial charge is 0.341 e. The fraction of sp³-hybridized carbons (Fsp3) is 0.583. The Morgan fingerprint density at radius 3 is 2.69 bits per heavy atom. The van der Waals surface area contributed by atoms with E-state index in [1.165, 1.54) is 24.2 Å². The first-order chi connectivity index (χ1) is 7.56. The molecule has 1 aromatic heterocycles. The third-order valence-corrected chi connectivity index (χ3v) is 4.64. The van der Waals surface area contributed by atoms with Crippen LogP contribution in [0.2, 0.25) is 0 Å². The molecule has 0 atom stereocenters. The Labute approximate surface area is 110 Å². The molecule has 0 saturated heterocycles. The Hall–Kier alpha value is -0.350. The lowest BCUT2D eigenvalue weighted by atomic mass is 10.2. The summed E-state index contributed by atoms with van der Waals surface area (Å²) in [5.41, 5.74) is 1.13. The van der Waals surface area contributed by atoms with Crippen LogP contribution in [0.15, 0.2) is 9.85 Å². The van der Waals surface area contributed by atoms with Crippen molar-refractivity contribution >= 4 is 33.2 Å². The SMILES string of the molecule is CCCCCN(C)C(=O)c1cc(C)c(Br)s1. The Kier molecular flexibility index (Phi) is 5.49. The number of halogens is 1. The van der Waals surface area contributed by atoms with Gasteiger partial charge in [0.15, 0.2) is 0 Å². The van der Waals surface area contributed by atoms with Gasteiger partial charge in [0.05, 0.1) is 8.66 Å². The second-order valence-corrected chi connectivity index (χ2v) is 6.37. The molecule has 1 amide bonds. The van der Waals surface area contributed by atoms with Crippen molar-refractivity contribution in [3.8, 4) is 0 Å². The van der Waals surface area contributed by atoms with Gasteiger partial charge in [0.25, 0.3) is 5.91 Å². The molecule has 0 N–H and O–H groups in total. The molecule has 0 aliphatic heterocycles. The molecule has 0 fully saturated rings. The molecule has 16 heavy (non-hydrogen) atoms. The van der Waals surface area contributed by atoms with E-state index >= 15 is 0 Å². The summed E-state index contributed by atoms with van der Waals surface area (Å²) in [5, 5.41) is 0. The van der Waals surface area contributed by atoms with Crippen LogP contribution in [0.3, 0.4) is 0 Å². The molecule has 90 valence electrons. The van der Waals surface area contributed by atoms with Crippen LogP contribution < -0.4 is 0 Å². The zero-order chi connectivity index (χ0) is 12.1. The van der Waals surface area contributed by atoms with E-state index in [9.17, 15) is 4.79 Å². The normalized spacial score (nSPS) is 10.5. The highest BCUT2D eigenvalue weighted by molar-refractivity contribution is 9.11. The molecule has 2 nitrogen and oxygen atoms in total. The van der Waals surface area contributed by atoms with Crippen LogP contribution >= 0.6 is 27.3 Å². The molecule has 0 saturated carbocycles. The number of hydrogen-bond acceptors (Lipinski definition) is 2. The van der Waals surface area contributed by atoms with Crippen molar-refractivity contribution < 1.29 is 4.79 Å². The molecule has 0 bridgehead atoms. The molecule has 4 heteroatoms. The molecular weight excluding hydrogens is 286 g/mol. The average Bonchev–Trinajstić information content (AvgIpc) is 2.58. The average molecular weight is 304 g/mol. The molecule has 0 aliphatic rings. The zero-order valence-electron chi connectivity index (χ0n) is 10.0. The lowest BCUT2D eigenvalue weighted by Crippen LogP contribution is -2.26. The minimum absolute atomic E-state index is 0.134. The maximum absolute atomic E-state index is 12.0. The smallest absolute Gasteiger partial charge is 0.263 e. The molecule has 0 radical (unpaired) electrons. The quantitative estimate of drug-likeness (QED) is 0.751. The molecule has 1 rings (SSSR count). The van der Waals surface area contributed by atoms with Crippen molar-refractivity contribution in [2.24, 2.45) is 0 Å². The topological polar surface area (TPSA) is 20.3 Å². The van der Waals surface area contributed by atoms with E-state index in [0.29, 0.717) is 0 Å². The van der Waals surface area contributed by atoms with Gasteiger partial charge in [-0.3, -0.25) is 4.79 Å². The number of hydrogen-bond donors (Lipinski definition) is 0. The van der Waals surface area contributed by atoms with Gasteiger partial charge in [-0.1, -0.05) is 19.8 Å². The van der Waals surface area contributed by atoms with Crippen LogP contribution in [-0.2, 0) is 0 Å². The molecule has 0 aromatic carbocycles.